The minimum Gasteiger partial charge on any atom is -0.356 e. The highest BCUT2D eigenvalue weighted by Crippen LogP contribution is 2.35. The summed E-state index contributed by atoms with van der Waals surface area (Å²) < 4.78 is 3.41. The number of rotatable bonds is 7. The number of hydrogen-bond acceptors (Lipinski definition) is 3. The molecule has 0 unspecified atom stereocenters. The highest BCUT2D eigenvalue weighted by atomic mass is 35.5. The van der Waals surface area contributed by atoms with E-state index in [2.05, 4.69) is 65.3 Å². The van der Waals surface area contributed by atoms with Crippen molar-refractivity contribution >= 4 is 44.6 Å². The molecule has 1 amide bonds. The van der Waals surface area contributed by atoms with E-state index in [0.29, 0.717) is 24.4 Å². The van der Waals surface area contributed by atoms with E-state index in [1.54, 1.807) is 11.3 Å². The Morgan fingerprint density at radius 3 is 2.64 bits per heavy atom. The van der Waals surface area contributed by atoms with Crippen molar-refractivity contribution in [2.24, 2.45) is 0 Å². The molecule has 0 aliphatic heterocycles. The summed E-state index contributed by atoms with van der Waals surface area (Å²) in [5.74, 6) is 0.0644. The molecule has 0 atom stereocenters. The van der Waals surface area contributed by atoms with Gasteiger partial charge in [0.1, 0.15) is 5.65 Å². The Morgan fingerprint density at radius 2 is 1.85 bits per heavy atom. The van der Waals surface area contributed by atoms with Gasteiger partial charge in [0.25, 0.3) is 0 Å². The average molecular weight is 474 g/mol. The number of aromatic nitrogens is 2. The van der Waals surface area contributed by atoms with Gasteiger partial charge in [-0.15, -0.1) is 11.3 Å². The zero-order chi connectivity index (χ0) is 22.8. The Hall–Kier alpha value is -3.15. The zero-order valence-corrected chi connectivity index (χ0v) is 19.9. The molecule has 4 nitrogen and oxygen atoms in total. The number of benzene rings is 2. The molecule has 0 bridgehead atoms. The van der Waals surface area contributed by atoms with E-state index in [4.69, 9.17) is 16.6 Å². The molecule has 1 N–H and O–H groups in total. The van der Waals surface area contributed by atoms with E-state index in [-0.39, 0.29) is 5.91 Å². The predicted octanol–water partition coefficient (Wildman–Crippen LogP) is 7.00. The van der Waals surface area contributed by atoms with Crippen LogP contribution in [0.2, 0.25) is 5.02 Å². The van der Waals surface area contributed by atoms with Crippen LogP contribution in [0.25, 0.3) is 37.4 Å². The number of thiophene rings is 1. The Morgan fingerprint density at radius 1 is 1.06 bits per heavy atom. The van der Waals surface area contributed by atoms with Gasteiger partial charge in [-0.1, -0.05) is 48.9 Å². The minimum absolute atomic E-state index is 0.0644. The number of imidazole rings is 1. The molecule has 0 fully saturated rings. The molecule has 0 radical (unpaired) electrons. The Labute approximate surface area is 201 Å². The lowest BCUT2D eigenvalue weighted by molar-refractivity contribution is -0.121. The second-order valence-electron chi connectivity index (χ2n) is 8.06. The van der Waals surface area contributed by atoms with Crippen molar-refractivity contribution in [1.82, 2.24) is 14.7 Å². The lowest BCUT2D eigenvalue weighted by Crippen LogP contribution is -2.24. The van der Waals surface area contributed by atoms with Crippen LogP contribution in [-0.4, -0.2) is 21.8 Å². The topological polar surface area (TPSA) is 46.4 Å². The van der Waals surface area contributed by atoms with Gasteiger partial charge in [0.05, 0.1) is 11.4 Å². The molecule has 3 aromatic heterocycles. The van der Waals surface area contributed by atoms with Crippen molar-refractivity contribution in [1.29, 1.82) is 0 Å². The van der Waals surface area contributed by atoms with Gasteiger partial charge >= 0.3 is 0 Å². The number of fused-ring (bicyclic) bond motifs is 2. The smallest absolute Gasteiger partial charge is 0.220 e. The fourth-order valence-electron chi connectivity index (χ4n) is 4.03. The first-order valence-corrected chi connectivity index (χ1v) is 12.3. The molecule has 166 valence electrons. The first-order chi connectivity index (χ1) is 16.1. The fourth-order valence-corrected chi connectivity index (χ4v) is 5.20. The normalized spacial score (nSPS) is 11.3. The molecule has 0 spiro atoms. The molecule has 3 heterocycles. The van der Waals surface area contributed by atoms with Gasteiger partial charge in [0, 0.05) is 44.9 Å². The molecule has 0 saturated carbocycles. The number of pyridine rings is 1. The predicted molar refractivity (Wildman–Crippen MR) is 138 cm³/mol. The van der Waals surface area contributed by atoms with Crippen molar-refractivity contribution in [3.63, 3.8) is 0 Å². The number of hydrogen-bond donors (Lipinski definition) is 1. The van der Waals surface area contributed by atoms with E-state index in [1.807, 2.05) is 24.3 Å². The zero-order valence-electron chi connectivity index (χ0n) is 18.3. The van der Waals surface area contributed by atoms with E-state index < -0.39 is 0 Å². The summed E-state index contributed by atoms with van der Waals surface area (Å²) in [6.45, 7) is 2.76. The largest absolute Gasteiger partial charge is 0.356 e. The van der Waals surface area contributed by atoms with Crippen molar-refractivity contribution in [2.75, 3.05) is 6.54 Å². The van der Waals surface area contributed by atoms with Crippen molar-refractivity contribution < 1.29 is 4.79 Å². The number of nitrogens with one attached hydrogen (secondary N) is 1. The first kappa shape index (κ1) is 21.7. The molecule has 5 rings (SSSR count). The quantitative estimate of drug-likeness (QED) is 0.276. The molecule has 0 aliphatic carbocycles. The van der Waals surface area contributed by atoms with Crippen LogP contribution in [0.1, 0.15) is 25.5 Å². The molecule has 5 aromatic rings. The lowest BCUT2D eigenvalue weighted by Gasteiger charge is -2.08. The van der Waals surface area contributed by atoms with E-state index in [0.717, 1.165) is 34.6 Å². The summed E-state index contributed by atoms with van der Waals surface area (Å²) in [5, 5.41) is 4.92. The standard InChI is InChI=1S/C27H24ClN3OS/c1-2-15-29-26(32)14-12-22-27(18-7-10-21(28)11-8-18)30-25-13-9-20(17-31(22)25)24-16-19-5-3-4-6-23(19)33-24/h3-11,13,16-17H,2,12,14-15H2,1H3,(H,29,32). The maximum Gasteiger partial charge on any atom is 0.220 e. The van der Waals surface area contributed by atoms with Crippen LogP contribution in [0.3, 0.4) is 0 Å². The molecule has 6 heteroatoms. The second-order valence-corrected chi connectivity index (χ2v) is 9.58. The van der Waals surface area contributed by atoms with Gasteiger partial charge in [-0.2, -0.15) is 0 Å². The second kappa shape index (κ2) is 9.38. The molecular weight excluding hydrogens is 450 g/mol. The number of carbonyl (C=O) groups excluding carboxylic acids is 1. The highest BCUT2D eigenvalue weighted by molar-refractivity contribution is 7.22. The van der Waals surface area contributed by atoms with Crippen LogP contribution in [-0.2, 0) is 11.2 Å². The van der Waals surface area contributed by atoms with Gasteiger partial charge < -0.3 is 9.72 Å². The summed E-state index contributed by atoms with van der Waals surface area (Å²) in [6.07, 6.45) is 4.09. The van der Waals surface area contributed by atoms with Gasteiger partial charge in [0.15, 0.2) is 0 Å². The lowest BCUT2D eigenvalue weighted by atomic mass is 10.1. The molecule has 0 saturated heterocycles. The van der Waals surface area contributed by atoms with E-state index >= 15 is 0 Å². The van der Waals surface area contributed by atoms with Crippen LogP contribution in [0.4, 0.5) is 0 Å². The maximum atomic E-state index is 12.4. The molecular formula is C27H24ClN3OS. The number of amides is 1. The number of carbonyl (C=O) groups is 1. The summed E-state index contributed by atoms with van der Waals surface area (Å²) in [7, 11) is 0. The third-order valence-corrected chi connectivity index (χ3v) is 7.12. The maximum absolute atomic E-state index is 12.4. The third kappa shape index (κ3) is 4.52. The van der Waals surface area contributed by atoms with Crippen LogP contribution in [0, 0.1) is 0 Å². The number of nitrogens with zero attached hydrogens (tertiary/aromatic N) is 2. The molecule has 0 aliphatic rings. The van der Waals surface area contributed by atoms with Crippen molar-refractivity contribution in [3.05, 3.63) is 83.6 Å². The van der Waals surface area contributed by atoms with E-state index in [1.165, 1.54) is 15.0 Å². The highest BCUT2D eigenvalue weighted by Gasteiger charge is 2.17. The minimum atomic E-state index is 0.0644. The number of aryl methyl sites for hydroxylation is 1. The van der Waals surface area contributed by atoms with Crippen LogP contribution in [0.5, 0.6) is 0 Å². The third-order valence-electron chi connectivity index (χ3n) is 5.71. The Bertz CT molecular complexity index is 1400. The molecule has 33 heavy (non-hydrogen) atoms. The van der Waals surface area contributed by atoms with Crippen LogP contribution in [0.15, 0.2) is 72.9 Å². The van der Waals surface area contributed by atoms with Crippen molar-refractivity contribution in [3.8, 4) is 21.7 Å². The number of halogens is 1. The Balaban J connectivity index is 1.58. The van der Waals surface area contributed by atoms with Crippen molar-refractivity contribution in [2.45, 2.75) is 26.2 Å². The Kier molecular flexibility index (Phi) is 6.16. The van der Waals surface area contributed by atoms with Crippen LogP contribution < -0.4 is 5.32 Å². The summed E-state index contributed by atoms with van der Waals surface area (Å²) in [6, 6.07) is 22.6. The van der Waals surface area contributed by atoms with Gasteiger partial charge in [0.2, 0.25) is 5.91 Å². The van der Waals surface area contributed by atoms with Gasteiger partial charge in [-0.25, -0.2) is 4.98 Å². The fraction of sp³-hybridized carbons (Fsp3) is 0.185. The van der Waals surface area contributed by atoms with Gasteiger partial charge in [-0.3, -0.25) is 4.79 Å². The van der Waals surface area contributed by atoms with Gasteiger partial charge in [-0.05, 0) is 54.6 Å². The molecule has 2 aromatic carbocycles. The summed E-state index contributed by atoms with van der Waals surface area (Å²) in [4.78, 5) is 18.5. The monoisotopic (exact) mass is 473 g/mol. The summed E-state index contributed by atoms with van der Waals surface area (Å²) in [5.41, 5.74) is 4.93. The van der Waals surface area contributed by atoms with E-state index in [9.17, 15) is 4.79 Å². The SMILES string of the molecule is CCCNC(=O)CCc1c(-c2ccc(Cl)cc2)nc2ccc(-c3cc4ccccc4s3)cn12. The average Bonchev–Trinajstić information content (AvgIpc) is 3.43. The summed E-state index contributed by atoms with van der Waals surface area (Å²) >= 11 is 7.90. The van der Waals surface area contributed by atoms with Crippen LogP contribution >= 0.6 is 22.9 Å². The first-order valence-electron chi connectivity index (χ1n) is 11.1.